The molecule has 0 saturated carbocycles. The smallest absolute Gasteiger partial charge is 0.206 e. The lowest BCUT2D eigenvalue weighted by atomic mass is 10.3. The average Bonchev–Trinajstić information content (AvgIpc) is 2.16. The van der Waals surface area contributed by atoms with Gasteiger partial charge in [-0.05, 0) is 6.07 Å². The molecule has 1 aromatic rings. The van der Waals surface area contributed by atoms with E-state index >= 15 is 0 Å². The standard InChI is InChI=1S/C9H10Cl2O3/c1-12-7-5(10)4-6(11)8(13-2)9(7)14-3/h4H,1-3H3. The van der Waals surface area contributed by atoms with Crippen LogP contribution in [0.1, 0.15) is 0 Å². The third-order valence-electron chi connectivity index (χ3n) is 1.71. The SMILES string of the molecule is COc1c(Cl)cc(Cl)c(OC)c1OC. The Bertz CT molecular complexity index is 311. The first-order valence-electron chi connectivity index (χ1n) is 3.79. The fraction of sp³-hybridized carbons (Fsp3) is 0.333. The summed E-state index contributed by atoms with van der Waals surface area (Å²) >= 11 is 11.8. The maximum Gasteiger partial charge on any atom is 0.206 e. The van der Waals surface area contributed by atoms with Crippen molar-refractivity contribution in [3.8, 4) is 17.2 Å². The first-order valence-corrected chi connectivity index (χ1v) is 4.55. The molecule has 78 valence electrons. The number of methoxy groups -OCH3 is 3. The van der Waals surface area contributed by atoms with Crippen LogP contribution in [0.5, 0.6) is 17.2 Å². The van der Waals surface area contributed by atoms with Crippen LogP contribution >= 0.6 is 23.2 Å². The van der Waals surface area contributed by atoms with Crippen molar-refractivity contribution in [3.63, 3.8) is 0 Å². The molecule has 0 atom stereocenters. The van der Waals surface area contributed by atoms with Gasteiger partial charge >= 0.3 is 0 Å². The molecule has 14 heavy (non-hydrogen) atoms. The molecular formula is C9H10Cl2O3. The molecule has 1 aromatic carbocycles. The van der Waals surface area contributed by atoms with Gasteiger partial charge in [0.15, 0.2) is 11.5 Å². The van der Waals surface area contributed by atoms with Crippen molar-refractivity contribution in [2.24, 2.45) is 0 Å². The van der Waals surface area contributed by atoms with E-state index in [2.05, 4.69) is 0 Å². The van der Waals surface area contributed by atoms with Gasteiger partial charge in [0.2, 0.25) is 5.75 Å². The Kier molecular flexibility index (Phi) is 3.72. The van der Waals surface area contributed by atoms with Gasteiger partial charge in [-0.1, -0.05) is 23.2 Å². The molecule has 0 amide bonds. The normalized spacial score (nSPS) is 9.79. The summed E-state index contributed by atoms with van der Waals surface area (Å²) in [6.07, 6.45) is 0. The molecule has 0 radical (unpaired) electrons. The minimum Gasteiger partial charge on any atom is -0.491 e. The first kappa shape index (κ1) is 11.3. The van der Waals surface area contributed by atoms with E-state index in [0.29, 0.717) is 27.3 Å². The molecule has 0 aliphatic rings. The van der Waals surface area contributed by atoms with Gasteiger partial charge in [-0.3, -0.25) is 0 Å². The second kappa shape index (κ2) is 4.62. The maximum absolute atomic E-state index is 5.90. The largest absolute Gasteiger partial charge is 0.491 e. The number of hydrogen-bond acceptors (Lipinski definition) is 3. The highest BCUT2D eigenvalue weighted by atomic mass is 35.5. The zero-order valence-electron chi connectivity index (χ0n) is 8.06. The van der Waals surface area contributed by atoms with Crippen molar-refractivity contribution >= 4 is 23.2 Å². The molecule has 0 N–H and O–H groups in total. The molecular weight excluding hydrogens is 227 g/mol. The second-order valence-corrected chi connectivity index (χ2v) is 3.25. The number of halogens is 2. The van der Waals surface area contributed by atoms with Crippen LogP contribution in [0.15, 0.2) is 6.07 Å². The molecule has 0 aromatic heterocycles. The topological polar surface area (TPSA) is 27.7 Å². The monoisotopic (exact) mass is 236 g/mol. The zero-order valence-corrected chi connectivity index (χ0v) is 9.57. The highest BCUT2D eigenvalue weighted by molar-refractivity contribution is 6.37. The van der Waals surface area contributed by atoms with E-state index in [9.17, 15) is 0 Å². The Morgan fingerprint density at radius 3 is 1.43 bits per heavy atom. The van der Waals surface area contributed by atoms with Crippen LogP contribution < -0.4 is 14.2 Å². The number of ether oxygens (including phenoxy) is 3. The average molecular weight is 237 g/mol. The van der Waals surface area contributed by atoms with E-state index in [1.165, 1.54) is 21.3 Å². The van der Waals surface area contributed by atoms with Crippen molar-refractivity contribution in [3.05, 3.63) is 16.1 Å². The van der Waals surface area contributed by atoms with E-state index in [1.54, 1.807) is 6.07 Å². The number of rotatable bonds is 3. The summed E-state index contributed by atoms with van der Waals surface area (Å²) in [5.74, 6) is 1.22. The third-order valence-corrected chi connectivity index (χ3v) is 2.27. The van der Waals surface area contributed by atoms with Crippen LogP contribution in [-0.2, 0) is 0 Å². The molecule has 0 bridgehead atoms. The summed E-state index contributed by atoms with van der Waals surface area (Å²) in [5.41, 5.74) is 0. The lowest BCUT2D eigenvalue weighted by molar-refractivity contribution is 0.324. The Morgan fingerprint density at radius 1 is 0.786 bits per heavy atom. The Hall–Kier alpha value is -0.800. The van der Waals surface area contributed by atoms with Gasteiger partial charge in [0, 0.05) is 0 Å². The first-order chi connectivity index (χ1) is 6.65. The van der Waals surface area contributed by atoms with E-state index < -0.39 is 0 Å². The van der Waals surface area contributed by atoms with Crippen LogP contribution in [0.3, 0.4) is 0 Å². The summed E-state index contributed by atoms with van der Waals surface area (Å²) in [7, 11) is 4.49. The minimum absolute atomic E-state index is 0.384. The van der Waals surface area contributed by atoms with Gasteiger partial charge in [0.25, 0.3) is 0 Å². The number of benzene rings is 1. The highest BCUT2D eigenvalue weighted by Crippen LogP contribution is 2.46. The molecule has 3 nitrogen and oxygen atoms in total. The third kappa shape index (κ3) is 1.83. The highest BCUT2D eigenvalue weighted by Gasteiger charge is 2.18. The Labute approximate surface area is 92.5 Å². The predicted molar refractivity (Wildman–Crippen MR) is 56.1 cm³/mol. The van der Waals surface area contributed by atoms with E-state index in [4.69, 9.17) is 37.4 Å². The van der Waals surface area contributed by atoms with E-state index in [1.807, 2.05) is 0 Å². The maximum atomic E-state index is 5.90. The fourth-order valence-electron chi connectivity index (χ4n) is 1.13. The van der Waals surface area contributed by atoms with Crippen LogP contribution in [0, 0.1) is 0 Å². The molecule has 1 rings (SSSR count). The van der Waals surface area contributed by atoms with Crippen molar-refractivity contribution in [1.82, 2.24) is 0 Å². The van der Waals surface area contributed by atoms with E-state index in [-0.39, 0.29) is 0 Å². The molecule has 5 heteroatoms. The van der Waals surface area contributed by atoms with Crippen LogP contribution in [0.4, 0.5) is 0 Å². The summed E-state index contributed by atoms with van der Waals surface area (Å²) in [6.45, 7) is 0. The predicted octanol–water partition coefficient (Wildman–Crippen LogP) is 3.02. The van der Waals surface area contributed by atoms with Gasteiger partial charge in [-0.15, -0.1) is 0 Å². The molecule has 0 fully saturated rings. The van der Waals surface area contributed by atoms with Crippen molar-refractivity contribution in [2.45, 2.75) is 0 Å². The van der Waals surface area contributed by atoms with Crippen molar-refractivity contribution in [1.29, 1.82) is 0 Å². The van der Waals surface area contributed by atoms with Crippen LogP contribution in [0.25, 0.3) is 0 Å². The molecule has 0 aliphatic carbocycles. The van der Waals surface area contributed by atoms with Crippen molar-refractivity contribution < 1.29 is 14.2 Å². The van der Waals surface area contributed by atoms with Gasteiger partial charge < -0.3 is 14.2 Å². The Balaban J connectivity index is 3.43. The summed E-state index contributed by atoms with van der Waals surface area (Å²) < 4.78 is 15.2. The van der Waals surface area contributed by atoms with Gasteiger partial charge in [0.05, 0.1) is 31.4 Å². The van der Waals surface area contributed by atoms with Crippen LogP contribution in [0.2, 0.25) is 10.0 Å². The van der Waals surface area contributed by atoms with Gasteiger partial charge in [-0.25, -0.2) is 0 Å². The summed E-state index contributed by atoms with van der Waals surface area (Å²) in [6, 6.07) is 1.54. The summed E-state index contributed by atoms with van der Waals surface area (Å²) in [5, 5.41) is 0.769. The molecule has 0 spiro atoms. The quantitative estimate of drug-likeness (QED) is 0.808. The lowest BCUT2D eigenvalue weighted by Gasteiger charge is -2.14. The number of hydrogen-bond donors (Lipinski definition) is 0. The van der Waals surface area contributed by atoms with Crippen molar-refractivity contribution in [2.75, 3.05) is 21.3 Å². The van der Waals surface area contributed by atoms with Gasteiger partial charge in [-0.2, -0.15) is 0 Å². The molecule has 0 unspecified atom stereocenters. The fourth-order valence-corrected chi connectivity index (χ4v) is 1.73. The minimum atomic E-state index is 0.384. The molecule has 0 aliphatic heterocycles. The molecule has 0 saturated heterocycles. The Morgan fingerprint density at radius 2 is 1.14 bits per heavy atom. The lowest BCUT2D eigenvalue weighted by Crippen LogP contribution is -1.96. The van der Waals surface area contributed by atoms with Gasteiger partial charge in [0.1, 0.15) is 0 Å². The second-order valence-electron chi connectivity index (χ2n) is 2.44. The van der Waals surface area contributed by atoms with E-state index in [0.717, 1.165) is 0 Å². The van der Waals surface area contributed by atoms with Crippen LogP contribution in [-0.4, -0.2) is 21.3 Å². The summed E-state index contributed by atoms with van der Waals surface area (Å²) in [4.78, 5) is 0. The molecule has 0 heterocycles. The zero-order chi connectivity index (χ0) is 10.7.